The first-order valence-corrected chi connectivity index (χ1v) is 7.78. The Balaban J connectivity index is 1.67. The summed E-state index contributed by atoms with van der Waals surface area (Å²) in [6.45, 7) is 4.57. The number of aromatic nitrogens is 3. The standard InChI is InChI=1S/C16H19F3N4O/c1-11(12-3-5-13(6-4-12)16(17,18)19)9-22-7-8-23-14(10-22)20-21(2)15(23)24/h3-6,11H,7-10H2,1-2H3. The van der Waals surface area contributed by atoms with Crippen molar-refractivity contribution >= 4 is 0 Å². The zero-order chi connectivity index (χ0) is 17.5. The molecule has 1 aromatic heterocycles. The highest BCUT2D eigenvalue weighted by molar-refractivity contribution is 5.27. The lowest BCUT2D eigenvalue weighted by molar-refractivity contribution is -0.137. The lowest BCUT2D eigenvalue weighted by Crippen LogP contribution is -2.39. The first kappa shape index (κ1) is 16.8. The van der Waals surface area contributed by atoms with Crippen LogP contribution in [0.2, 0.25) is 0 Å². The molecule has 2 aromatic rings. The fourth-order valence-electron chi connectivity index (χ4n) is 3.07. The van der Waals surface area contributed by atoms with Gasteiger partial charge < -0.3 is 0 Å². The highest BCUT2D eigenvalue weighted by Crippen LogP contribution is 2.30. The molecule has 24 heavy (non-hydrogen) atoms. The van der Waals surface area contributed by atoms with Gasteiger partial charge in [0.25, 0.3) is 0 Å². The molecule has 0 amide bonds. The number of nitrogens with zero attached hydrogens (tertiary/aromatic N) is 4. The Morgan fingerprint density at radius 1 is 1.21 bits per heavy atom. The molecule has 0 fully saturated rings. The summed E-state index contributed by atoms with van der Waals surface area (Å²) in [4.78, 5) is 14.0. The molecule has 3 rings (SSSR count). The lowest BCUT2D eigenvalue weighted by Gasteiger charge is -2.29. The molecule has 0 saturated carbocycles. The van der Waals surface area contributed by atoms with E-state index in [0.717, 1.165) is 30.1 Å². The molecule has 130 valence electrons. The highest BCUT2D eigenvalue weighted by atomic mass is 19.4. The Kier molecular flexibility index (Phi) is 4.25. The molecule has 0 radical (unpaired) electrons. The Morgan fingerprint density at radius 3 is 2.50 bits per heavy atom. The fraction of sp³-hybridized carbons (Fsp3) is 0.500. The van der Waals surface area contributed by atoms with E-state index in [2.05, 4.69) is 10.00 Å². The Labute approximate surface area is 137 Å². The van der Waals surface area contributed by atoms with E-state index in [9.17, 15) is 18.0 Å². The van der Waals surface area contributed by atoms with Crippen molar-refractivity contribution in [3.05, 3.63) is 51.7 Å². The van der Waals surface area contributed by atoms with Crippen LogP contribution in [-0.2, 0) is 26.3 Å². The molecule has 8 heteroatoms. The monoisotopic (exact) mass is 340 g/mol. The van der Waals surface area contributed by atoms with E-state index in [1.807, 2.05) is 6.92 Å². The number of benzene rings is 1. The van der Waals surface area contributed by atoms with Crippen LogP contribution in [-0.4, -0.2) is 32.3 Å². The summed E-state index contributed by atoms with van der Waals surface area (Å²) in [5, 5.41) is 4.22. The topological polar surface area (TPSA) is 43.1 Å². The van der Waals surface area contributed by atoms with Crippen LogP contribution in [0.1, 0.15) is 29.8 Å². The number of fused-ring (bicyclic) bond motifs is 1. The predicted octanol–water partition coefficient (Wildman–Crippen LogP) is 2.22. The van der Waals surface area contributed by atoms with E-state index < -0.39 is 11.7 Å². The van der Waals surface area contributed by atoms with Crippen molar-refractivity contribution in [2.75, 3.05) is 13.1 Å². The van der Waals surface area contributed by atoms with Crippen molar-refractivity contribution in [2.45, 2.75) is 32.1 Å². The molecule has 1 aromatic carbocycles. The first-order valence-electron chi connectivity index (χ1n) is 7.78. The van der Waals surface area contributed by atoms with E-state index in [0.29, 0.717) is 19.6 Å². The van der Waals surface area contributed by atoms with E-state index >= 15 is 0 Å². The van der Waals surface area contributed by atoms with Crippen molar-refractivity contribution in [1.82, 2.24) is 19.2 Å². The minimum atomic E-state index is -4.31. The third-order valence-corrected chi connectivity index (χ3v) is 4.43. The average Bonchev–Trinajstić information content (AvgIpc) is 2.81. The zero-order valence-electron chi connectivity index (χ0n) is 13.5. The SMILES string of the molecule is CC(CN1CCn2c(nn(C)c2=O)C1)c1ccc(C(F)(F)F)cc1. The molecule has 0 aliphatic carbocycles. The van der Waals surface area contributed by atoms with Crippen LogP contribution >= 0.6 is 0 Å². The Hall–Kier alpha value is -2.09. The lowest BCUT2D eigenvalue weighted by atomic mass is 9.99. The molecular weight excluding hydrogens is 321 g/mol. The van der Waals surface area contributed by atoms with Crippen molar-refractivity contribution in [3.8, 4) is 0 Å². The molecule has 1 aliphatic rings. The number of hydrogen-bond acceptors (Lipinski definition) is 3. The normalized spacial score (nSPS) is 16.9. The van der Waals surface area contributed by atoms with Crippen LogP contribution in [0.4, 0.5) is 13.2 Å². The van der Waals surface area contributed by atoms with Gasteiger partial charge in [0.05, 0.1) is 12.1 Å². The van der Waals surface area contributed by atoms with Gasteiger partial charge in [0.2, 0.25) is 0 Å². The predicted molar refractivity (Wildman–Crippen MR) is 82.6 cm³/mol. The molecule has 1 unspecified atom stereocenters. The van der Waals surface area contributed by atoms with Crippen LogP contribution in [0, 0.1) is 0 Å². The number of aryl methyl sites for hydroxylation is 1. The number of hydrogen-bond donors (Lipinski definition) is 0. The average molecular weight is 340 g/mol. The summed E-state index contributed by atoms with van der Waals surface area (Å²) >= 11 is 0. The van der Waals surface area contributed by atoms with Crippen molar-refractivity contribution < 1.29 is 13.2 Å². The second-order valence-corrected chi connectivity index (χ2v) is 6.23. The minimum Gasteiger partial charge on any atom is -0.294 e. The first-order chi connectivity index (χ1) is 11.3. The molecular formula is C16H19F3N4O. The van der Waals surface area contributed by atoms with Crippen LogP contribution in [0.5, 0.6) is 0 Å². The molecule has 1 aliphatic heterocycles. The maximum Gasteiger partial charge on any atom is 0.416 e. The van der Waals surface area contributed by atoms with E-state index in [1.54, 1.807) is 11.6 Å². The molecule has 0 bridgehead atoms. The number of rotatable bonds is 3. The third-order valence-electron chi connectivity index (χ3n) is 4.43. The summed E-state index contributed by atoms with van der Waals surface area (Å²) in [5.41, 5.74) is 0.126. The fourth-order valence-corrected chi connectivity index (χ4v) is 3.07. The van der Waals surface area contributed by atoms with Crippen molar-refractivity contribution in [1.29, 1.82) is 0 Å². The molecule has 0 N–H and O–H groups in total. The van der Waals surface area contributed by atoms with Crippen LogP contribution < -0.4 is 5.69 Å². The summed E-state index contributed by atoms with van der Waals surface area (Å²) in [6.07, 6.45) is -4.31. The second kappa shape index (κ2) is 6.08. The highest BCUT2D eigenvalue weighted by Gasteiger charge is 2.30. The smallest absolute Gasteiger partial charge is 0.294 e. The summed E-state index contributed by atoms with van der Waals surface area (Å²) in [6, 6.07) is 5.32. The van der Waals surface area contributed by atoms with Gasteiger partial charge in [0.15, 0.2) is 0 Å². The maximum atomic E-state index is 12.6. The van der Waals surface area contributed by atoms with E-state index in [-0.39, 0.29) is 11.6 Å². The zero-order valence-corrected chi connectivity index (χ0v) is 13.5. The van der Waals surface area contributed by atoms with Gasteiger partial charge in [-0.1, -0.05) is 19.1 Å². The second-order valence-electron chi connectivity index (χ2n) is 6.23. The van der Waals surface area contributed by atoms with Gasteiger partial charge in [-0.25, -0.2) is 9.48 Å². The van der Waals surface area contributed by atoms with Gasteiger partial charge >= 0.3 is 11.9 Å². The number of halogens is 3. The number of alkyl halides is 3. The summed E-state index contributed by atoms with van der Waals surface area (Å²) < 4.78 is 40.9. The van der Waals surface area contributed by atoms with E-state index in [1.165, 1.54) is 16.8 Å². The van der Waals surface area contributed by atoms with Crippen molar-refractivity contribution in [2.24, 2.45) is 7.05 Å². The van der Waals surface area contributed by atoms with Gasteiger partial charge in [-0.3, -0.25) is 9.47 Å². The molecule has 2 heterocycles. The quantitative estimate of drug-likeness (QED) is 0.861. The molecule has 0 saturated heterocycles. The van der Waals surface area contributed by atoms with Gasteiger partial charge in [0, 0.05) is 26.7 Å². The summed E-state index contributed by atoms with van der Waals surface area (Å²) in [7, 11) is 1.63. The van der Waals surface area contributed by atoms with Gasteiger partial charge in [-0.05, 0) is 23.6 Å². The molecule has 0 spiro atoms. The minimum absolute atomic E-state index is 0.0919. The van der Waals surface area contributed by atoms with Crippen LogP contribution in [0.15, 0.2) is 29.1 Å². The van der Waals surface area contributed by atoms with Gasteiger partial charge in [0.1, 0.15) is 5.82 Å². The molecule has 1 atom stereocenters. The van der Waals surface area contributed by atoms with Crippen LogP contribution in [0.3, 0.4) is 0 Å². The van der Waals surface area contributed by atoms with E-state index in [4.69, 9.17) is 0 Å². The van der Waals surface area contributed by atoms with Gasteiger partial charge in [-0.2, -0.15) is 18.3 Å². The van der Waals surface area contributed by atoms with Crippen molar-refractivity contribution in [3.63, 3.8) is 0 Å². The molecule has 5 nitrogen and oxygen atoms in total. The summed E-state index contributed by atoms with van der Waals surface area (Å²) in [5.74, 6) is 0.822. The van der Waals surface area contributed by atoms with Crippen LogP contribution in [0.25, 0.3) is 0 Å². The maximum absolute atomic E-state index is 12.6. The third kappa shape index (κ3) is 3.24. The Bertz CT molecular complexity index is 776. The van der Waals surface area contributed by atoms with Gasteiger partial charge in [-0.15, -0.1) is 0 Å². The largest absolute Gasteiger partial charge is 0.416 e. The Morgan fingerprint density at radius 2 is 1.88 bits per heavy atom.